The Labute approximate surface area is 171 Å². The Morgan fingerprint density at radius 2 is 2.00 bits per heavy atom. The topological polar surface area (TPSA) is 56.0 Å². The smallest absolute Gasteiger partial charge is 0.222 e. The Hall–Kier alpha value is -2.34. The molecule has 0 fully saturated rings. The predicted molar refractivity (Wildman–Crippen MR) is 113 cm³/mol. The number of aryl methyl sites for hydroxylation is 3. The van der Waals surface area contributed by atoms with Gasteiger partial charge in [0.05, 0.1) is 5.52 Å². The van der Waals surface area contributed by atoms with Crippen molar-refractivity contribution < 1.29 is 4.79 Å². The number of hydrogen-bond acceptors (Lipinski definition) is 3. The number of nitrogens with zero attached hydrogens (tertiary/aromatic N) is 5. The van der Waals surface area contributed by atoms with E-state index in [0.29, 0.717) is 18.1 Å². The monoisotopic (exact) mass is 401 g/mol. The van der Waals surface area contributed by atoms with Gasteiger partial charge in [-0.25, -0.2) is 4.98 Å². The first kappa shape index (κ1) is 20.4. The first-order valence-electron chi connectivity index (χ1n) is 9.86. The Bertz CT molecular complexity index is 1030. The molecular formula is C21H28ClN5O. The van der Waals surface area contributed by atoms with Gasteiger partial charge in [-0.2, -0.15) is 5.10 Å². The van der Waals surface area contributed by atoms with Crippen molar-refractivity contribution in [3.05, 3.63) is 34.2 Å². The maximum absolute atomic E-state index is 12.3. The van der Waals surface area contributed by atoms with Gasteiger partial charge >= 0.3 is 0 Å². The van der Waals surface area contributed by atoms with Crippen molar-refractivity contribution in [1.82, 2.24) is 24.2 Å². The van der Waals surface area contributed by atoms with Crippen LogP contribution < -0.4 is 0 Å². The molecule has 150 valence electrons. The third-order valence-electron chi connectivity index (χ3n) is 5.32. The second kappa shape index (κ2) is 7.95. The van der Waals surface area contributed by atoms with Gasteiger partial charge in [0.1, 0.15) is 16.5 Å². The van der Waals surface area contributed by atoms with Gasteiger partial charge in [-0.3, -0.25) is 9.48 Å². The van der Waals surface area contributed by atoms with E-state index in [1.165, 1.54) is 11.3 Å². The quantitative estimate of drug-likeness (QED) is 0.603. The molecule has 0 aliphatic carbocycles. The highest BCUT2D eigenvalue weighted by molar-refractivity contribution is 6.31. The second-order valence-corrected chi connectivity index (χ2v) is 7.24. The van der Waals surface area contributed by atoms with E-state index in [4.69, 9.17) is 11.6 Å². The minimum atomic E-state index is 0.186. The maximum atomic E-state index is 12.3. The Kier molecular flexibility index (Phi) is 5.79. The number of rotatable bonds is 2. The Morgan fingerprint density at radius 1 is 1.29 bits per heavy atom. The molecule has 0 unspecified atom stereocenters. The van der Waals surface area contributed by atoms with Gasteiger partial charge in [0.2, 0.25) is 5.91 Å². The average Bonchev–Trinajstić information content (AvgIpc) is 3.27. The molecule has 6 nitrogen and oxygen atoms in total. The fourth-order valence-corrected chi connectivity index (χ4v) is 4.16. The van der Waals surface area contributed by atoms with Crippen LogP contribution in [0.25, 0.3) is 22.3 Å². The number of carbonyl (C=O) groups excluding carboxylic acids is 1. The van der Waals surface area contributed by atoms with Crippen LogP contribution in [-0.2, 0) is 31.9 Å². The molecule has 28 heavy (non-hydrogen) atoms. The summed E-state index contributed by atoms with van der Waals surface area (Å²) >= 11 is 6.46. The molecule has 0 aromatic carbocycles. The van der Waals surface area contributed by atoms with Crippen LogP contribution in [0.2, 0.25) is 5.15 Å². The number of pyridine rings is 1. The largest absolute Gasteiger partial charge is 0.347 e. The lowest BCUT2D eigenvalue weighted by Gasteiger charge is -2.27. The van der Waals surface area contributed by atoms with Crippen LogP contribution in [0.1, 0.15) is 44.0 Å². The molecule has 7 heteroatoms. The molecular weight excluding hydrogens is 374 g/mol. The molecule has 0 saturated heterocycles. The van der Waals surface area contributed by atoms with E-state index in [1.807, 2.05) is 51.9 Å². The second-order valence-electron chi connectivity index (χ2n) is 6.88. The molecule has 1 amide bonds. The van der Waals surface area contributed by atoms with Crippen molar-refractivity contribution in [2.75, 3.05) is 6.54 Å². The highest BCUT2D eigenvalue weighted by Crippen LogP contribution is 2.39. The zero-order valence-corrected chi connectivity index (χ0v) is 18.3. The summed E-state index contributed by atoms with van der Waals surface area (Å²) in [5, 5.41) is 6.10. The molecule has 0 atom stereocenters. The van der Waals surface area contributed by atoms with Crippen molar-refractivity contribution in [3.63, 3.8) is 0 Å². The van der Waals surface area contributed by atoms with Crippen LogP contribution in [0.3, 0.4) is 0 Å². The Balaban J connectivity index is 0.00000109. The van der Waals surface area contributed by atoms with Crippen molar-refractivity contribution in [2.24, 2.45) is 14.1 Å². The molecule has 4 heterocycles. The molecule has 0 saturated carbocycles. The summed E-state index contributed by atoms with van der Waals surface area (Å²) in [4.78, 5) is 18.9. The number of halogens is 1. The molecule has 0 bridgehead atoms. The third kappa shape index (κ3) is 3.20. The van der Waals surface area contributed by atoms with Gasteiger partial charge < -0.3 is 9.47 Å². The van der Waals surface area contributed by atoms with Gasteiger partial charge in [-0.15, -0.1) is 0 Å². The number of aromatic nitrogens is 4. The molecule has 4 rings (SSSR count). The van der Waals surface area contributed by atoms with Crippen LogP contribution >= 0.6 is 11.6 Å². The van der Waals surface area contributed by atoms with Crippen LogP contribution in [0, 0.1) is 6.92 Å². The highest BCUT2D eigenvalue weighted by atomic mass is 35.5. The van der Waals surface area contributed by atoms with Crippen LogP contribution in [0.15, 0.2) is 12.3 Å². The van der Waals surface area contributed by atoms with E-state index in [1.54, 1.807) is 4.68 Å². The molecule has 3 aromatic heterocycles. The minimum absolute atomic E-state index is 0.186. The number of fused-ring (bicyclic) bond motifs is 3. The first-order valence-corrected chi connectivity index (χ1v) is 10.2. The third-order valence-corrected chi connectivity index (χ3v) is 5.69. The van der Waals surface area contributed by atoms with Crippen molar-refractivity contribution in [3.8, 4) is 11.4 Å². The van der Waals surface area contributed by atoms with E-state index in [2.05, 4.69) is 21.7 Å². The molecule has 0 spiro atoms. The lowest BCUT2D eigenvalue weighted by atomic mass is 10.0. The standard InChI is InChI=1S/C19H22ClN5O.C2H6/c1-5-15(26)25-9-7-14-12(10-25)16-17(13-6-8-23(3)22-13)21-19(20)11(2)18(16)24(14)4;1-2/h6,8H,5,7,9-10H2,1-4H3;1-2H3. The van der Waals surface area contributed by atoms with Crippen molar-refractivity contribution in [2.45, 2.75) is 47.1 Å². The van der Waals surface area contributed by atoms with Gasteiger partial charge in [0, 0.05) is 68.4 Å². The van der Waals surface area contributed by atoms with E-state index in [0.717, 1.165) is 40.8 Å². The highest BCUT2D eigenvalue weighted by Gasteiger charge is 2.29. The van der Waals surface area contributed by atoms with Gasteiger partial charge in [-0.05, 0) is 13.0 Å². The summed E-state index contributed by atoms with van der Waals surface area (Å²) in [5.74, 6) is 0.186. The summed E-state index contributed by atoms with van der Waals surface area (Å²) in [6, 6.07) is 1.95. The van der Waals surface area contributed by atoms with Gasteiger partial charge in [0.25, 0.3) is 0 Å². The molecule has 3 aromatic rings. The SMILES string of the molecule is CC.CCC(=O)N1CCc2c(c3c(-c4ccn(C)n4)nc(Cl)c(C)c3n2C)C1. The van der Waals surface area contributed by atoms with E-state index in [9.17, 15) is 4.79 Å². The Morgan fingerprint density at radius 3 is 2.61 bits per heavy atom. The number of amides is 1. The van der Waals surface area contributed by atoms with E-state index in [-0.39, 0.29) is 5.91 Å². The fourth-order valence-electron chi connectivity index (χ4n) is 3.98. The summed E-state index contributed by atoms with van der Waals surface area (Å²) in [6.07, 6.45) is 3.26. The van der Waals surface area contributed by atoms with Crippen LogP contribution in [-0.4, -0.2) is 36.7 Å². The zero-order chi connectivity index (χ0) is 20.6. The van der Waals surface area contributed by atoms with E-state index >= 15 is 0 Å². The lowest BCUT2D eigenvalue weighted by molar-refractivity contribution is -0.131. The molecule has 0 N–H and O–H groups in total. The molecule has 1 aliphatic heterocycles. The summed E-state index contributed by atoms with van der Waals surface area (Å²) in [5.41, 5.74) is 6.06. The maximum Gasteiger partial charge on any atom is 0.222 e. The zero-order valence-electron chi connectivity index (χ0n) is 17.5. The minimum Gasteiger partial charge on any atom is -0.347 e. The van der Waals surface area contributed by atoms with Crippen molar-refractivity contribution >= 4 is 28.4 Å². The average molecular weight is 402 g/mol. The van der Waals surface area contributed by atoms with Crippen LogP contribution in [0.4, 0.5) is 0 Å². The predicted octanol–water partition coefficient (Wildman–Crippen LogP) is 4.26. The first-order chi connectivity index (χ1) is 13.4. The van der Waals surface area contributed by atoms with Gasteiger partial charge in [-0.1, -0.05) is 32.4 Å². The van der Waals surface area contributed by atoms with E-state index < -0.39 is 0 Å². The lowest BCUT2D eigenvalue weighted by Crippen LogP contribution is -2.35. The summed E-state index contributed by atoms with van der Waals surface area (Å²) in [7, 11) is 3.96. The van der Waals surface area contributed by atoms with Crippen LogP contribution in [0.5, 0.6) is 0 Å². The van der Waals surface area contributed by atoms with Gasteiger partial charge in [0.15, 0.2) is 0 Å². The fraction of sp³-hybridized carbons (Fsp3) is 0.476. The number of hydrogen-bond donors (Lipinski definition) is 0. The summed E-state index contributed by atoms with van der Waals surface area (Å²) in [6.45, 7) is 9.27. The molecule has 1 aliphatic rings. The molecule has 0 radical (unpaired) electrons. The summed E-state index contributed by atoms with van der Waals surface area (Å²) < 4.78 is 3.98. The van der Waals surface area contributed by atoms with Crippen molar-refractivity contribution in [1.29, 1.82) is 0 Å². The number of carbonyl (C=O) groups is 1. The normalized spacial score (nSPS) is 13.3.